The fraction of sp³-hybridized carbons (Fsp3) is 0.375. The molecule has 2 aromatic heterocycles. The lowest BCUT2D eigenvalue weighted by Gasteiger charge is -2.36. The van der Waals surface area contributed by atoms with Crippen LogP contribution in [-0.2, 0) is 17.8 Å². The predicted octanol–water partition coefficient (Wildman–Crippen LogP) is 1.79. The van der Waals surface area contributed by atoms with Gasteiger partial charge in [-0.3, -0.25) is 23.8 Å². The molecular weight excluding hydrogens is 390 g/mol. The maximum Gasteiger partial charge on any atom is 0.258 e. The van der Waals surface area contributed by atoms with Crippen molar-refractivity contribution in [3.8, 4) is 0 Å². The molecule has 0 aliphatic carbocycles. The predicted molar refractivity (Wildman–Crippen MR) is 120 cm³/mol. The number of carbonyl (C=O) groups is 1. The van der Waals surface area contributed by atoms with E-state index < -0.39 is 0 Å². The van der Waals surface area contributed by atoms with Crippen LogP contribution in [0.2, 0.25) is 0 Å². The van der Waals surface area contributed by atoms with Crippen LogP contribution in [0.3, 0.4) is 0 Å². The van der Waals surface area contributed by atoms with Gasteiger partial charge in [-0.1, -0.05) is 24.3 Å². The minimum Gasteiger partial charge on any atom is -0.311 e. The molecule has 1 saturated heterocycles. The van der Waals surface area contributed by atoms with Gasteiger partial charge in [0.05, 0.1) is 12.2 Å². The fourth-order valence-electron chi connectivity index (χ4n) is 4.59. The van der Waals surface area contributed by atoms with Crippen molar-refractivity contribution in [2.24, 2.45) is 0 Å². The van der Waals surface area contributed by atoms with Gasteiger partial charge in [-0.15, -0.1) is 0 Å². The van der Waals surface area contributed by atoms with Crippen molar-refractivity contribution in [3.05, 3.63) is 76.3 Å². The lowest BCUT2D eigenvalue weighted by molar-refractivity contribution is -0.120. The van der Waals surface area contributed by atoms with Gasteiger partial charge in [-0.2, -0.15) is 0 Å². The van der Waals surface area contributed by atoms with Crippen LogP contribution in [0.5, 0.6) is 0 Å². The smallest absolute Gasteiger partial charge is 0.258 e. The van der Waals surface area contributed by atoms with Crippen molar-refractivity contribution >= 4 is 17.2 Å². The minimum atomic E-state index is -0.0494. The molecule has 2 aliphatic heterocycles. The molecule has 0 bridgehead atoms. The molecule has 5 rings (SSSR count). The van der Waals surface area contributed by atoms with E-state index in [1.165, 1.54) is 5.56 Å². The Balaban J connectivity index is 1.18. The number of anilines is 1. The molecule has 1 aromatic carbocycles. The number of para-hydroxylation sites is 1. The molecule has 0 spiro atoms. The van der Waals surface area contributed by atoms with E-state index in [2.05, 4.69) is 26.9 Å². The third kappa shape index (κ3) is 4.24. The van der Waals surface area contributed by atoms with E-state index in [9.17, 15) is 9.59 Å². The number of fused-ring (bicyclic) bond motifs is 2. The van der Waals surface area contributed by atoms with Gasteiger partial charge in [0.1, 0.15) is 5.65 Å². The first-order valence-corrected chi connectivity index (χ1v) is 11.0. The first-order chi connectivity index (χ1) is 15.2. The highest BCUT2D eigenvalue weighted by molar-refractivity contribution is 5.95. The summed E-state index contributed by atoms with van der Waals surface area (Å²) in [6.07, 6.45) is 3.81. The van der Waals surface area contributed by atoms with Crippen molar-refractivity contribution in [2.75, 3.05) is 44.2 Å². The number of hydrogen-bond donors (Lipinski definition) is 0. The van der Waals surface area contributed by atoms with Crippen LogP contribution in [0.25, 0.3) is 5.65 Å². The Morgan fingerprint density at radius 3 is 2.58 bits per heavy atom. The zero-order valence-electron chi connectivity index (χ0n) is 17.6. The number of pyridine rings is 1. The van der Waals surface area contributed by atoms with Gasteiger partial charge < -0.3 is 4.90 Å². The van der Waals surface area contributed by atoms with Crippen molar-refractivity contribution < 1.29 is 4.79 Å². The van der Waals surface area contributed by atoms with Crippen LogP contribution in [0.15, 0.2) is 59.5 Å². The summed E-state index contributed by atoms with van der Waals surface area (Å²) in [5, 5.41) is 0. The first kappa shape index (κ1) is 19.9. The molecule has 7 heteroatoms. The molecule has 31 heavy (non-hydrogen) atoms. The number of carbonyl (C=O) groups excluding carboxylic acids is 1. The number of nitrogens with zero attached hydrogens (tertiary/aromatic N) is 5. The summed E-state index contributed by atoms with van der Waals surface area (Å²) in [5.74, 6) is 0.185. The van der Waals surface area contributed by atoms with Crippen LogP contribution in [0.1, 0.15) is 17.7 Å². The van der Waals surface area contributed by atoms with E-state index in [0.29, 0.717) is 18.7 Å². The number of hydrogen-bond acceptors (Lipinski definition) is 5. The van der Waals surface area contributed by atoms with Crippen molar-refractivity contribution in [2.45, 2.75) is 19.4 Å². The largest absolute Gasteiger partial charge is 0.311 e. The molecule has 0 N–H and O–H groups in total. The Hall–Kier alpha value is -3.03. The van der Waals surface area contributed by atoms with Gasteiger partial charge in [-0.25, -0.2) is 4.98 Å². The first-order valence-electron chi connectivity index (χ1n) is 11.0. The van der Waals surface area contributed by atoms with Gasteiger partial charge in [0.2, 0.25) is 5.91 Å². The molecule has 0 radical (unpaired) electrons. The number of amides is 1. The summed E-state index contributed by atoms with van der Waals surface area (Å²) in [4.78, 5) is 36.4. The third-order valence-electron chi connectivity index (χ3n) is 6.24. The summed E-state index contributed by atoms with van der Waals surface area (Å²) in [6, 6.07) is 15.4. The van der Waals surface area contributed by atoms with E-state index >= 15 is 0 Å². The van der Waals surface area contributed by atoms with E-state index in [4.69, 9.17) is 0 Å². The minimum absolute atomic E-state index is 0.0494. The van der Waals surface area contributed by atoms with E-state index in [1.807, 2.05) is 35.2 Å². The quantitative estimate of drug-likeness (QED) is 0.648. The molecule has 1 fully saturated rings. The van der Waals surface area contributed by atoms with Crippen molar-refractivity contribution in [1.82, 2.24) is 19.2 Å². The maximum absolute atomic E-state index is 13.0. The van der Waals surface area contributed by atoms with E-state index in [-0.39, 0.29) is 11.5 Å². The van der Waals surface area contributed by atoms with Crippen molar-refractivity contribution in [1.29, 1.82) is 0 Å². The average Bonchev–Trinajstić information content (AvgIpc) is 2.80. The monoisotopic (exact) mass is 417 g/mol. The molecule has 2 aliphatic rings. The molecule has 0 saturated carbocycles. The molecule has 0 atom stereocenters. The number of benzene rings is 1. The van der Waals surface area contributed by atoms with Crippen LogP contribution >= 0.6 is 0 Å². The lowest BCUT2D eigenvalue weighted by Crippen LogP contribution is -2.50. The number of rotatable bonds is 4. The SMILES string of the molecule is O=C(CN1CCN(Cc2cc(=O)n3ccccc3n2)CC1)N1CCCc2ccccc21. The van der Waals surface area contributed by atoms with Crippen LogP contribution in [0.4, 0.5) is 5.69 Å². The molecule has 0 unspecified atom stereocenters. The highest BCUT2D eigenvalue weighted by Crippen LogP contribution is 2.26. The second-order valence-electron chi connectivity index (χ2n) is 8.34. The second-order valence-corrected chi connectivity index (χ2v) is 8.34. The summed E-state index contributed by atoms with van der Waals surface area (Å²) in [6.45, 7) is 5.32. The third-order valence-corrected chi connectivity index (χ3v) is 6.24. The Bertz CT molecular complexity index is 1150. The zero-order chi connectivity index (χ0) is 21.2. The maximum atomic E-state index is 13.0. The summed E-state index contributed by atoms with van der Waals surface area (Å²) in [7, 11) is 0. The molecular formula is C24H27N5O2. The molecule has 1 amide bonds. The summed E-state index contributed by atoms with van der Waals surface area (Å²) in [5.41, 5.74) is 3.77. The van der Waals surface area contributed by atoms with Crippen LogP contribution < -0.4 is 10.5 Å². The van der Waals surface area contributed by atoms with E-state index in [0.717, 1.165) is 56.9 Å². The molecule has 7 nitrogen and oxygen atoms in total. The summed E-state index contributed by atoms with van der Waals surface area (Å²) < 4.78 is 1.56. The number of aromatic nitrogens is 2. The van der Waals surface area contributed by atoms with Gasteiger partial charge in [-0.05, 0) is 36.6 Å². The molecule has 160 valence electrons. The average molecular weight is 418 g/mol. The molecule has 4 heterocycles. The molecule has 3 aromatic rings. The van der Waals surface area contributed by atoms with Crippen molar-refractivity contribution in [3.63, 3.8) is 0 Å². The van der Waals surface area contributed by atoms with Gasteiger partial charge in [0.15, 0.2) is 0 Å². The van der Waals surface area contributed by atoms with Gasteiger partial charge >= 0.3 is 0 Å². The van der Waals surface area contributed by atoms with Crippen LogP contribution in [0, 0.1) is 0 Å². The number of aryl methyl sites for hydroxylation is 1. The van der Waals surface area contributed by atoms with Gasteiger partial charge in [0, 0.05) is 57.2 Å². The zero-order valence-corrected chi connectivity index (χ0v) is 17.6. The Kier molecular flexibility index (Phi) is 5.53. The highest BCUT2D eigenvalue weighted by Gasteiger charge is 2.25. The normalized spacial score (nSPS) is 17.6. The van der Waals surface area contributed by atoms with Gasteiger partial charge in [0.25, 0.3) is 5.56 Å². The number of piperazine rings is 1. The lowest BCUT2D eigenvalue weighted by atomic mass is 10.0. The van der Waals surface area contributed by atoms with E-state index in [1.54, 1.807) is 16.7 Å². The standard InChI is InChI=1S/C24H27N5O2/c30-23-16-20(25-22-9-3-4-10-29(22)23)17-26-12-14-27(15-13-26)18-24(31)28-11-5-7-19-6-1-2-8-21(19)28/h1-4,6,8-10,16H,5,7,11-15,17-18H2. The summed E-state index contributed by atoms with van der Waals surface area (Å²) >= 11 is 0. The Morgan fingerprint density at radius 2 is 1.71 bits per heavy atom. The Labute approximate surface area is 181 Å². The van der Waals surface area contributed by atoms with Crippen LogP contribution in [-0.4, -0.2) is 64.4 Å². The fourth-order valence-corrected chi connectivity index (χ4v) is 4.59. The second kappa shape index (κ2) is 8.61. The highest BCUT2D eigenvalue weighted by atomic mass is 16.2. The topological polar surface area (TPSA) is 61.2 Å². The Morgan fingerprint density at radius 1 is 0.935 bits per heavy atom.